The molecule has 30 heavy (non-hydrogen) atoms. The van der Waals surface area contributed by atoms with Gasteiger partial charge in [0.1, 0.15) is 0 Å². The fourth-order valence-corrected chi connectivity index (χ4v) is 4.21. The Bertz CT molecular complexity index is 1030. The number of rotatable bonds is 6. The molecule has 0 spiro atoms. The van der Waals surface area contributed by atoms with Crippen LogP contribution in [0.1, 0.15) is 34.7 Å². The zero-order chi connectivity index (χ0) is 21.1. The highest BCUT2D eigenvalue weighted by Gasteiger charge is 2.33. The molecule has 1 aliphatic heterocycles. The molecule has 1 aromatic heterocycles. The van der Waals surface area contributed by atoms with Crippen molar-refractivity contribution >= 4 is 5.91 Å². The van der Waals surface area contributed by atoms with Crippen molar-refractivity contribution in [2.75, 3.05) is 20.8 Å². The van der Waals surface area contributed by atoms with Gasteiger partial charge in [0.2, 0.25) is 5.91 Å². The van der Waals surface area contributed by atoms with E-state index in [4.69, 9.17) is 9.47 Å². The quantitative estimate of drug-likeness (QED) is 0.629. The summed E-state index contributed by atoms with van der Waals surface area (Å²) in [5.74, 6) is 1.55. The number of nitrogens with zero attached hydrogens (tertiary/aromatic N) is 3. The molecular formula is C24H27N3O3. The van der Waals surface area contributed by atoms with E-state index in [1.807, 2.05) is 54.7 Å². The van der Waals surface area contributed by atoms with Gasteiger partial charge < -0.3 is 14.4 Å². The third kappa shape index (κ3) is 3.90. The van der Waals surface area contributed by atoms with Crippen LogP contribution >= 0.6 is 0 Å². The smallest absolute Gasteiger partial charge is 0.223 e. The van der Waals surface area contributed by atoms with Crippen LogP contribution in [0.15, 0.2) is 54.9 Å². The van der Waals surface area contributed by atoms with E-state index in [0.717, 1.165) is 28.9 Å². The molecule has 156 valence electrons. The van der Waals surface area contributed by atoms with Crippen molar-refractivity contribution in [1.82, 2.24) is 14.7 Å². The first-order valence-electron chi connectivity index (χ1n) is 10.2. The van der Waals surface area contributed by atoms with Crippen LogP contribution in [0.3, 0.4) is 0 Å². The summed E-state index contributed by atoms with van der Waals surface area (Å²) in [5.41, 5.74) is 4.46. The predicted octanol–water partition coefficient (Wildman–Crippen LogP) is 3.54. The van der Waals surface area contributed by atoms with Crippen LogP contribution in [0.5, 0.6) is 11.5 Å². The van der Waals surface area contributed by atoms with Crippen molar-refractivity contribution in [3.05, 3.63) is 77.1 Å². The van der Waals surface area contributed by atoms with Crippen LogP contribution < -0.4 is 9.47 Å². The Balaban J connectivity index is 1.68. The third-order valence-corrected chi connectivity index (χ3v) is 5.70. The second kappa shape index (κ2) is 8.61. The van der Waals surface area contributed by atoms with Gasteiger partial charge in [-0.25, -0.2) is 0 Å². The maximum absolute atomic E-state index is 13.3. The molecule has 0 N–H and O–H groups in total. The molecule has 0 saturated carbocycles. The van der Waals surface area contributed by atoms with Gasteiger partial charge in [0.25, 0.3) is 0 Å². The molecule has 0 aliphatic carbocycles. The number of carbonyl (C=O) groups is 1. The summed E-state index contributed by atoms with van der Waals surface area (Å²) >= 11 is 0. The molecule has 4 rings (SSSR count). The number of aryl methyl sites for hydroxylation is 2. The molecule has 3 aromatic rings. The Labute approximate surface area is 177 Å². The highest BCUT2D eigenvalue weighted by Crippen LogP contribution is 2.41. The number of fused-ring (bicyclic) bond motifs is 1. The Hall–Kier alpha value is -3.28. The SMILES string of the molecule is COc1cc2c(cc1OC)C(c1ccccc1)N(C(=O)CCc1cnn(C)c1)CC2. The average Bonchev–Trinajstić information content (AvgIpc) is 3.21. The maximum Gasteiger partial charge on any atom is 0.223 e. The third-order valence-electron chi connectivity index (χ3n) is 5.70. The summed E-state index contributed by atoms with van der Waals surface area (Å²) in [4.78, 5) is 15.3. The first-order valence-corrected chi connectivity index (χ1v) is 10.2. The summed E-state index contributed by atoms with van der Waals surface area (Å²) in [6.07, 6.45) is 5.72. The molecule has 1 amide bonds. The molecule has 6 heteroatoms. The summed E-state index contributed by atoms with van der Waals surface area (Å²) < 4.78 is 12.8. The van der Waals surface area contributed by atoms with Gasteiger partial charge in [-0.15, -0.1) is 0 Å². The second-order valence-electron chi connectivity index (χ2n) is 7.58. The summed E-state index contributed by atoms with van der Waals surface area (Å²) in [6, 6.07) is 14.1. The van der Waals surface area contributed by atoms with Crippen LogP contribution in [0.2, 0.25) is 0 Å². The Morgan fingerprint density at radius 1 is 1.13 bits per heavy atom. The van der Waals surface area contributed by atoms with E-state index in [-0.39, 0.29) is 11.9 Å². The fraction of sp³-hybridized carbons (Fsp3) is 0.333. The lowest BCUT2D eigenvalue weighted by molar-refractivity contribution is -0.133. The van der Waals surface area contributed by atoms with Gasteiger partial charge in [-0.05, 0) is 47.2 Å². The topological polar surface area (TPSA) is 56.6 Å². The average molecular weight is 405 g/mol. The number of aromatic nitrogens is 2. The summed E-state index contributed by atoms with van der Waals surface area (Å²) in [6.45, 7) is 0.675. The molecular weight excluding hydrogens is 378 g/mol. The number of carbonyl (C=O) groups excluding carboxylic acids is 1. The lowest BCUT2D eigenvalue weighted by Gasteiger charge is -2.38. The van der Waals surface area contributed by atoms with Crippen LogP contribution in [0.4, 0.5) is 0 Å². The minimum Gasteiger partial charge on any atom is -0.493 e. The summed E-state index contributed by atoms with van der Waals surface area (Å²) in [7, 11) is 5.18. The standard InChI is InChI=1S/C24H27N3O3/c1-26-16-17(15-25-26)9-10-23(28)27-12-11-19-13-21(29-2)22(30-3)14-20(19)24(27)18-7-5-4-6-8-18/h4-8,13-16,24H,9-12H2,1-3H3. The molecule has 0 saturated heterocycles. The molecule has 0 bridgehead atoms. The van der Waals surface area contributed by atoms with Gasteiger partial charge in [0.05, 0.1) is 26.5 Å². The Morgan fingerprint density at radius 3 is 2.53 bits per heavy atom. The van der Waals surface area contributed by atoms with E-state index >= 15 is 0 Å². The maximum atomic E-state index is 13.3. The normalized spacial score (nSPS) is 15.6. The number of benzene rings is 2. The fourth-order valence-electron chi connectivity index (χ4n) is 4.21. The summed E-state index contributed by atoms with van der Waals surface area (Å²) in [5, 5.41) is 4.20. The lowest BCUT2D eigenvalue weighted by atomic mass is 9.87. The van der Waals surface area contributed by atoms with Crippen LogP contribution in [-0.2, 0) is 24.7 Å². The Kier molecular flexibility index (Phi) is 5.74. The Morgan fingerprint density at radius 2 is 1.87 bits per heavy atom. The first kappa shape index (κ1) is 20.0. The highest BCUT2D eigenvalue weighted by molar-refractivity contribution is 5.78. The zero-order valence-electron chi connectivity index (χ0n) is 17.7. The minimum atomic E-state index is -0.142. The van der Waals surface area contributed by atoms with E-state index in [9.17, 15) is 4.79 Å². The number of ether oxygens (including phenoxy) is 2. The van der Waals surface area contributed by atoms with Gasteiger partial charge in [-0.3, -0.25) is 9.48 Å². The minimum absolute atomic E-state index is 0.142. The van der Waals surface area contributed by atoms with E-state index in [1.165, 1.54) is 5.56 Å². The van der Waals surface area contributed by atoms with Crippen LogP contribution in [0.25, 0.3) is 0 Å². The van der Waals surface area contributed by atoms with Crippen molar-refractivity contribution in [1.29, 1.82) is 0 Å². The number of methoxy groups -OCH3 is 2. The molecule has 2 heterocycles. The first-order chi connectivity index (χ1) is 14.6. The van der Waals surface area contributed by atoms with Crippen molar-refractivity contribution in [2.24, 2.45) is 7.05 Å². The number of hydrogen-bond donors (Lipinski definition) is 0. The molecule has 1 atom stereocenters. The lowest BCUT2D eigenvalue weighted by Crippen LogP contribution is -2.40. The molecule has 1 unspecified atom stereocenters. The monoisotopic (exact) mass is 405 g/mol. The largest absolute Gasteiger partial charge is 0.493 e. The molecule has 2 aromatic carbocycles. The second-order valence-corrected chi connectivity index (χ2v) is 7.58. The van der Waals surface area contributed by atoms with E-state index in [2.05, 4.69) is 17.2 Å². The van der Waals surface area contributed by atoms with Crippen molar-refractivity contribution in [3.8, 4) is 11.5 Å². The molecule has 0 fully saturated rings. The van der Waals surface area contributed by atoms with Crippen molar-refractivity contribution in [3.63, 3.8) is 0 Å². The molecule has 0 radical (unpaired) electrons. The van der Waals surface area contributed by atoms with Gasteiger partial charge in [0.15, 0.2) is 11.5 Å². The van der Waals surface area contributed by atoms with E-state index in [1.54, 1.807) is 18.9 Å². The molecule has 6 nitrogen and oxygen atoms in total. The predicted molar refractivity (Wildman–Crippen MR) is 115 cm³/mol. The molecule has 1 aliphatic rings. The van der Waals surface area contributed by atoms with Crippen molar-refractivity contribution in [2.45, 2.75) is 25.3 Å². The van der Waals surface area contributed by atoms with Gasteiger partial charge in [-0.1, -0.05) is 30.3 Å². The van der Waals surface area contributed by atoms with Gasteiger partial charge >= 0.3 is 0 Å². The van der Waals surface area contributed by atoms with Crippen LogP contribution in [0, 0.1) is 0 Å². The van der Waals surface area contributed by atoms with Crippen molar-refractivity contribution < 1.29 is 14.3 Å². The van der Waals surface area contributed by atoms with Gasteiger partial charge in [-0.2, -0.15) is 5.10 Å². The highest BCUT2D eigenvalue weighted by atomic mass is 16.5. The zero-order valence-corrected chi connectivity index (χ0v) is 17.7. The van der Waals surface area contributed by atoms with E-state index in [0.29, 0.717) is 25.1 Å². The van der Waals surface area contributed by atoms with E-state index < -0.39 is 0 Å². The van der Waals surface area contributed by atoms with Crippen LogP contribution in [-0.4, -0.2) is 41.4 Å². The number of amides is 1. The van der Waals surface area contributed by atoms with Gasteiger partial charge in [0, 0.05) is 26.2 Å². The number of hydrogen-bond acceptors (Lipinski definition) is 4.